The van der Waals surface area contributed by atoms with Crippen molar-refractivity contribution in [3.8, 4) is 0 Å². The number of aliphatic carboxylic acids is 1. The maximum atomic E-state index is 13.3. The molecular formula is C16H20FNO3. The van der Waals surface area contributed by atoms with Crippen LogP contribution in [0.2, 0.25) is 0 Å². The Morgan fingerprint density at radius 3 is 2.52 bits per heavy atom. The number of rotatable bonds is 6. The van der Waals surface area contributed by atoms with Crippen molar-refractivity contribution in [3.63, 3.8) is 0 Å². The zero-order chi connectivity index (χ0) is 16.2. The average molecular weight is 293 g/mol. The molecule has 0 fully saturated rings. The third kappa shape index (κ3) is 4.70. The normalized spacial score (nSPS) is 13.3. The highest BCUT2D eigenvalue weighted by Gasteiger charge is 2.25. The second kappa shape index (κ2) is 7.02. The summed E-state index contributed by atoms with van der Waals surface area (Å²) in [6.07, 6.45) is 0.487. The minimum atomic E-state index is -1.19. The first kappa shape index (κ1) is 16.9. The highest BCUT2D eigenvalue weighted by Crippen LogP contribution is 2.19. The van der Waals surface area contributed by atoms with Crippen LogP contribution in [0, 0.1) is 18.7 Å². The van der Waals surface area contributed by atoms with Crippen LogP contribution in [0.3, 0.4) is 0 Å². The summed E-state index contributed by atoms with van der Waals surface area (Å²) >= 11 is 0. The Kier molecular flexibility index (Phi) is 5.64. The molecule has 2 atom stereocenters. The van der Waals surface area contributed by atoms with E-state index >= 15 is 0 Å². The average Bonchev–Trinajstić information content (AvgIpc) is 2.37. The largest absolute Gasteiger partial charge is 0.479 e. The van der Waals surface area contributed by atoms with Gasteiger partial charge in [-0.3, -0.25) is 4.79 Å². The third-order valence-corrected chi connectivity index (χ3v) is 3.15. The molecule has 1 aromatic rings. The molecule has 21 heavy (non-hydrogen) atoms. The first-order valence-corrected chi connectivity index (χ1v) is 6.66. The summed E-state index contributed by atoms with van der Waals surface area (Å²) in [5, 5.41) is 11.8. The molecule has 2 unspecified atom stereocenters. The zero-order valence-corrected chi connectivity index (χ0v) is 12.4. The maximum Gasteiger partial charge on any atom is 0.330 e. The molecular weight excluding hydrogens is 273 g/mol. The van der Waals surface area contributed by atoms with Gasteiger partial charge in [-0.05, 0) is 37.5 Å². The number of hydrogen-bond acceptors (Lipinski definition) is 2. The number of aryl methyl sites for hydroxylation is 1. The molecule has 0 radical (unpaired) electrons. The van der Waals surface area contributed by atoms with Gasteiger partial charge in [-0.1, -0.05) is 24.6 Å². The van der Waals surface area contributed by atoms with Gasteiger partial charge in [0.2, 0.25) is 5.91 Å². The van der Waals surface area contributed by atoms with Gasteiger partial charge in [0, 0.05) is 5.92 Å². The van der Waals surface area contributed by atoms with Crippen molar-refractivity contribution < 1.29 is 19.1 Å². The Morgan fingerprint density at radius 2 is 2.05 bits per heavy atom. The van der Waals surface area contributed by atoms with Crippen LogP contribution in [0.5, 0.6) is 0 Å². The lowest BCUT2D eigenvalue weighted by molar-refractivity contribution is -0.142. The molecule has 4 nitrogen and oxygen atoms in total. The number of halogens is 1. The smallest absolute Gasteiger partial charge is 0.330 e. The van der Waals surface area contributed by atoms with Gasteiger partial charge in [-0.2, -0.15) is 0 Å². The Balaban J connectivity index is 2.92. The molecule has 0 heterocycles. The minimum Gasteiger partial charge on any atom is -0.479 e. The molecule has 5 heteroatoms. The molecule has 1 rings (SSSR count). The van der Waals surface area contributed by atoms with Crippen LogP contribution >= 0.6 is 0 Å². The summed E-state index contributed by atoms with van der Waals surface area (Å²) in [6.45, 7) is 8.79. The van der Waals surface area contributed by atoms with E-state index in [4.69, 9.17) is 0 Å². The van der Waals surface area contributed by atoms with Crippen molar-refractivity contribution in [2.45, 2.75) is 33.2 Å². The molecule has 2 N–H and O–H groups in total. The molecule has 0 aliphatic rings. The van der Waals surface area contributed by atoms with Gasteiger partial charge in [0.05, 0.1) is 0 Å². The van der Waals surface area contributed by atoms with Crippen LogP contribution in [-0.4, -0.2) is 17.0 Å². The zero-order valence-electron chi connectivity index (χ0n) is 12.4. The van der Waals surface area contributed by atoms with Gasteiger partial charge in [-0.15, -0.1) is 6.58 Å². The van der Waals surface area contributed by atoms with Crippen molar-refractivity contribution in [3.05, 3.63) is 47.3 Å². The fourth-order valence-electron chi connectivity index (χ4n) is 2.04. The Hall–Kier alpha value is -2.17. The third-order valence-electron chi connectivity index (χ3n) is 3.15. The van der Waals surface area contributed by atoms with Gasteiger partial charge in [0.15, 0.2) is 6.04 Å². The summed E-state index contributed by atoms with van der Waals surface area (Å²) in [7, 11) is 0. The van der Waals surface area contributed by atoms with Gasteiger partial charge in [0.25, 0.3) is 0 Å². The second-order valence-electron chi connectivity index (χ2n) is 5.35. The fourth-order valence-corrected chi connectivity index (χ4v) is 2.04. The van der Waals surface area contributed by atoms with Crippen LogP contribution < -0.4 is 5.32 Å². The summed E-state index contributed by atoms with van der Waals surface area (Å²) in [5.74, 6) is -2.33. The standard InChI is InChI=1S/C16H20FNO3/c1-9(2)7-11(4)15(19)18-14(16(20)21)12-5-6-13(17)10(3)8-12/h5-6,8,11,14H,1,7H2,2-4H3,(H,18,19)(H,20,21). The number of carboxylic acid groups (broad SMARTS) is 1. The van der Waals surface area contributed by atoms with E-state index in [9.17, 15) is 19.1 Å². The van der Waals surface area contributed by atoms with Gasteiger partial charge < -0.3 is 10.4 Å². The van der Waals surface area contributed by atoms with E-state index in [0.29, 0.717) is 17.5 Å². The SMILES string of the molecule is C=C(C)CC(C)C(=O)NC(C(=O)O)c1ccc(F)c(C)c1. The number of benzene rings is 1. The molecule has 0 bridgehead atoms. The summed E-state index contributed by atoms with van der Waals surface area (Å²) in [4.78, 5) is 23.4. The highest BCUT2D eigenvalue weighted by molar-refractivity contribution is 5.85. The highest BCUT2D eigenvalue weighted by atomic mass is 19.1. The molecule has 0 aromatic heterocycles. The minimum absolute atomic E-state index is 0.336. The molecule has 1 amide bonds. The van der Waals surface area contributed by atoms with Crippen molar-refractivity contribution in [2.75, 3.05) is 0 Å². The molecule has 0 saturated carbocycles. The molecule has 0 aliphatic carbocycles. The lowest BCUT2D eigenvalue weighted by atomic mass is 10.00. The van der Waals surface area contributed by atoms with E-state index in [-0.39, 0.29) is 11.8 Å². The van der Waals surface area contributed by atoms with Gasteiger partial charge in [-0.25, -0.2) is 9.18 Å². The topological polar surface area (TPSA) is 66.4 Å². The van der Waals surface area contributed by atoms with Crippen molar-refractivity contribution >= 4 is 11.9 Å². The van der Waals surface area contributed by atoms with Crippen LogP contribution in [0.25, 0.3) is 0 Å². The van der Waals surface area contributed by atoms with E-state index in [0.717, 1.165) is 5.57 Å². The number of allylic oxidation sites excluding steroid dienone is 1. The number of carbonyl (C=O) groups excluding carboxylic acids is 1. The van der Waals surface area contributed by atoms with E-state index < -0.39 is 17.8 Å². The predicted octanol–water partition coefficient (Wildman–Crippen LogP) is 2.98. The molecule has 0 aliphatic heterocycles. The number of carbonyl (C=O) groups is 2. The fraction of sp³-hybridized carbons (Fsp3) is 0.375. The molecule has 0 spiro atoms. The van der Waals surface area contributed by atoms with Crippen LogP contribution in [0.4, 0.5) is 4.39 Å². The number of hydrogen-bond donors (Lipinski definition) is 2. The molecule has 0 saturated heterocycles. The summed E-state index contributed by atoms with van der Waals surface area (Å²) in [5.41, 5.74) is 1.53. The van der Waals surface area contributed by atoms with E-state index in [1.807, 2.05) is 6.92 Å². The summed E-state index contributed by atoms with van der Waals surface area (Å²) in [6, 6.07) is 2.80. The Bertz CT molecular complexity index is 569. The van der Waals surface area contributed by atoms with Crippen LogP contribution in [0.15, 0.2) is 30.4 Å². The van der Waals surface area contributed by atoms with Crippen molar-refractivity contribution in [1.29, 1.82) is 0 Å². The number of amides is 1. The first-order chi connectivity index (χ1) is 9.72. The van der Waals surface area contributed by atoms with E-state index in [1.54, 1.807) is 13.8 Å². The predicted molar refractivity (Wildman–Crippen MR) is 78.3 cm³/mol. The van der Waals surface area contributed by atoms with Crippen molar-refractivity contribution in [1.82, 2.24) is 5.32 Å². The first-order valence-electron chi connectivity index (χ1n) is 6.66. The summed E-state index contributed by atoms with van der Waals surface area (Å²) < 4.78 is 13.3. The lowest BCUT2D eigenvalue weighted by Crippen LogP contribution is -2.37. The molecule has 114 valence electrons. The monoisotopic (exact) mass is 293 g/mol. The van der Waals surface area contributed by atoms with Gasteiger partial charge >= 0.3 is 5.97 Å². The van der Waals surface area contributed by atoms with E-state index in [1.165, 1.54) is 18.2 Å². The van der Waals surface area contributed by atoms with Crippen molar-refractivity contribution in [2.24, 2.45) is 5.92 Å². The van der Waals surface area contributed by atoms with E-state index in [2.05, 4.69) is 11.9 Å². The van der Waals surface area contributed by atoms with Crippen LogP contribution in [0.1, 0.15) is 37.4 Å². The number of carboxylic acids is 1. The molecule has 1 aromatic carbocycles. The lowest BCUT2D eigenvalue weighted by Gasteiger charge is -2.18. The Morgan fingerprint density at radius 1 is 1.43 bits per heavy atom. The maximum absolute atomic E-state index is 13.3. The van der Waals surface area contributed by atoms with Crippen LogP contribution in [-0.2, 0) is 9.59 Å². The second-order valence-corrected chi connectivity index (χ2v) is 5.35. The quantitative estimate of drug-likeness (QED) is 0.792. The van der Waals surface area contributed by atoms with Gasteiger partial charge in [0.1, 0.15) is 5.82 Å². The number of nitrogens with one attached hydrogen (secondary N) is 1. The Labute approximate surface area is 123 Å².